The molecule has 0 saturated carbocycles. The van der Waals surface area contributed by atoms with Gasteiger partial charge < -0.3 is 5.11 Å². The van der Waals surface area contributed by atoms with Crippen LogP contribution < -0.4 is 4.57 Å². The van der Waals surface area contributed by atoms with Crippen molar-refractivity contribution < 1.29 is 14.5 Å². The van der Waals surface area contributed by atoms with E-state index >= 15 is 0 Å². The molecule has 0 amide bonds. The molecule has 0 radical (unpaired) electrons. The quantitative estimate of drug-likeness (QED) is 0.687. The Morgan fingerprint density at radius 1 is 1.77 bits per heavy atom. The second kappa shape index (κ2) is 3.60. The Morgan fingerprint density at radius 3 is 2.77 bits per heavy atom. The highest BCUT2D eigenvalue weighted by Crippen LogP contribution is 2.02. The lowest BCUT2D eigenvalue weighted by molar-refractivity contribution is -0.677. The van der Waals surface area contributed by atoms with Gasteiger partial charge in [-0.25, -0.2) is 9.13 Å². The number of hydrogen-bond donors (Lipinski definition) is 1. The molecule has 1 aromatic heterocycles. The standard InChI is InChI=1S/C9H14N2O2/c1-7(9(12)13)6-11-5-4-10(3)8(11)2/h4-5,7H,6H2,1-3H3/p+1. The van der Waals surface area contributed by atoms with Crippen molar-refractivity contribution >= 4 is 5.97 Å². The fraction of sp³-hybridized carbons (Fsp3) is 0.556. The Morgan fingerprint density at radius 2 is 2.38 bits per heavy atom. The number of hydrogen-bond acceptors (Lipinski definition) is 1. The molecule has 0 spiro atoms. The van der Waals surface area contributed by atoms with Gasteiger partial charge in [0.25, 0.3) is 5.82 Å². The Hall–Kier alpha value is -1.32. The lowest BCUT2D eigenvalue weighted by Gasteiger charge is -2.03. The number of rotatable bonds is 3. The van der Waals surface area contributed by atoms with Crippen LogP contribution in [0, 0.1) is 12.8 Å². The minimum atomic E-state index is -0.754. The summed E-state index contributed by atoms with van der Waals surface area (Å²) >= 11 is 0. The number of carboxylic acids is 1. The van der Waals surface area contributed by atoms with E-state index in [0.29, 0.717) is 6.54 Å². The molecular formula is C9H15N2O2+. The molecular weight excluding hydrogens is 168 g/mol. The van der Waals surface area contributed by atoms with E-state index < -0.39 is 5.97 Å². The van der Waals surface area contributed by atoms with Crippen LogP contribution in [0.1, 0.15) is 12.7 Å². The van der Waals surface area contributed by atoms with Crippen LogP contribution in [0.25, 0.3) is 0 Å². The summed E-state index contributed by atoms with van der Waals surface area (Å²) in [6, 6.07) is 0. The average Bonchev–Trinajstić information content (AvgIpc) is 2.36. The lowest BCUT2D eigenvalue weighted by atomic mass is 10.2. The third kappa shape index (κ3) is 2.08. The molecule has 1 rings (SSSR count). The smallest absolute Gasteiger partial charge is 0.310 e. The van der Waals surface area contributed by atoms with Crippen LogP contribution in [0.5, 0.6) is 0 Å². The Labute approximate surface area is 77.4 Å². The van der Waals surface area contributed by atoms with Crippen molar-refractivity contribution in [3.8, 4) is 0 Å². The zero-order chi connectivity index (χ0) is 10.0. The Bertz CT molecular complexity index is 317. The van der Waals surface area contributed by atoms with Crippen molar-refractivity contribution in [2.24, 2.45) is 13.0 Å². The van der Waals surface area contributed by atoms with Crippen LogP contribution in [-0.2, 0) is 18.4 Å². The highest BCUT2D eigenvalue weighted by molar-refractivity contribution is 5.69. The van der Waals surface area contributed by atoms with Crippen LogP contribution in [-0.4, -0.2) is 15.6 Å². The highest BCUT2D eigenvalue weighted by atomic mass is 16.4. The lowest BCUT2D eigenvalue weighted by Crippen LogP contribution is -2.30. The molecule has 1 heterocycles. The molecule has 0 fully saturated rings. The SMILES string of the molecule is Cc1n(CC(C)C(=O)O)cc[n+]1C. The molecule has 1 aromatic rings. The van der Waals surface area contributed by atoms with E-state index in [1.165, 1.54) is 0 Å². The molecule has 0 aromatic carbocycles. The van der Waals surface area contributed by atoms with E-state index in [-0.39, 0.29) is 5.92 Å². The van der Waals surface area contributed by atoms with Gasteiger partial charge in [-0.2, -0.15) is 0 Å². The van der Waals surface area contributed by atoms with Crippen molar-refractivity contribution in [1.29, 1.82) is 0 Å². The molecule has 0 aliphatic carbocycles. The van der Waals surface area contributed by atoms with Gasteiger partial charge in [-0.1, -0.05) is 0 Å². The first-order valence-corrected chi connectivity index (χ1v) is 4.26. The predicted octanol–water partition coefficient (Wildman–Crippen LogP) is 0.342. The molecule has 1 unspecified atom stereocenters. The van der Waals surface area contributed by atoms with Gasteiger partial charge in [0.1, 0.15) is 18.9 Å². The van der Waals surface area contributed by atoms with E-state index in [4.69, 9.17) is 5.11 Å². The number of nitrogens with zero attached hydrogens (tertiary/aromatic N) is 2. The molecule has 1 atom stereocenters. The van der Waals surface area contributed by atoms with Crippen molar-refractivity contribution in [3.63, 3.8) is 0 Å². The Kier molecular flexibility index (Phi) is 2.70. The number of aliphatic carboxylic acids is 1. The zero-order valence-electron chi connectivity index (χ0n) is 8.19. The van der Waals surface area contributed by atoms with Gasteiger partial charge in [-0.15, -0.1) is 0 Å². The van der Waals surface area contributed by atoms with Gasteiger partial charge in [0, 0.05) is 6.92 Å². The van der Waals surface area contributed by atoms with Gasteiger partial charge in [0.05, 0.1) is 13.0 Å². The minimum Gasteiger partial charge on any atom is -0.481 e. The summed E-state index contributed by atoms with van der Waals surface area (Å²) < 4.78 is 3.91. The molecule has 0 aliphatic heterocycles. The van der Waals surface area contributed by atoms with Gasteiger partial charge in [-0.3, -0.25) is 4.79 Å². The van der Waals surface area contributed by atoms with Crippen LogP contribution in [0.4, 0.5) is 0 Å². The fourth-order valence-electron chi connectivity index (χ4n) is 1.16. The topological polar surface area (TPSA) is 46.1 Å². The summed E-state index contributed by atoms with van der Waals surface area (Å²) in [5.74, 6) is -0.0325. The summed E-state index contributed by atoms with van der Waals surface area (Å²) in [5.41, 5.74) is 0. The third-order valence-electron chi connectivity index (χ3n) is 2.29. The first kappa shape index (κ1) is 9.77. The molecule has 1 N–H and O–H groups in total. The largest absolute Gasteiger partial charge is 0.481 e. The van der Waals surface area contributed by atoms with Gasteiger partial charge in [0.15, 0.2) is 0 Å². The summed E-state index contributed by atoms with van der Waals surface area (Å²) in [5, 5.41) is 8.72. The maximum atomic E-state index is 10.6. The number of aromatic nitrogens is 2. The maximum absolute atomic E-state index is 10.6. The van der Waals surface area contributed by atoms with Crippen molar-refractivity contribution in [2.45, 2.75) is 20.4 Å². The average molecular weight is 183 g/mol. The minimum absolute atomic E-state index is 0.342. The van der Waals surface area contributed by atoms with Crippen molar-refractivity contribution in [2.75, 3.05) is 0 Å². The number of aryl methyl sites for hydroxylation is 1. The molecule has 0 aliphatic rings. The van der Waals surface area contributed by atoms with E-state index in [1.807, 2.05) is 35.5 Å². The highest BCUT2D eigenvalue weighted by Gasteiger charge is 2.17. The van der Waals surface area contributed by atoms with Crippen molar-refractivity contribution in [1.82, 2.24) is 4.57 Å². The van der Waals surface area contributed by atoms with Gasteiger partial charge in [-0.05, 0) is 6.92 Å². The first-order valence-electron chi connectivity index (χ1n) is 4.26. The first-order chi connectivity index (χ1) is 6.02. The fourth-order valence-corrected chi connectivity index (χ4v) is 1.16. The van der Waals surface area contributed by atoms with Crippen LogP contribution in [0.15, 0.2) is 12.4 Å². The summed E-state index contributed by atoms with van der Waals surface area (Å²) in [6.07, 6.45) is 3.82. The molecule has 0 bridgehead atoms. The number of carboxylic acid groups (broad SMARTS) is 1. The summed E-state index contributed by atoms with van der Waals surface area (Å²) in [6.45, 7) is 4.21. The summed E-state index contributed by atoms with van der Waals surface area (Å²) in [7, 11) is 1.94. The second-order valence-electron chi connectivity index (χ2n) is 3.35. The van der Waals surface area contributed by atoms with Crippen molar-refractivity contribution in [3.05, 3.63) is 18.2 Å². The van der Waals surface area contributed by atoms with E-state index in [1.54, 1.807) is 6.92 Å². The molecule has 4 nitrogen and oxygen atoms in total. The van der Waals surface area contributed by atoms with Gasteiger partial charge in [0.2, 0.25) is 0 Å². The normalized spacial score (nSPS) is 12.8. The zero-order valence-corrected chi connectivity index (χ0v) is 8.19. The van der Waals surface area contributed by atoms with Crippen LogP contribution in [0.3, 0.4) is 0 Å². The summed E-state index contributed by atoms with van der Waals surface area (Å²) in [4.78, 5) is 10.6. The molecule has 4 heteroatoms. The number of carbonyl (C=O) groups is 1. The van der Waals surface area contributed by atoms with Gasteiger partial charge >= 0.3 is 5.97 Å². The maximum Gasteiger partial charge on any atom is 0.310 e. The van der Waals surface area contributed by atoms with E-state index in [2.05, 4.69) is 0 Å². The van der Waals surface area contributed by atoms with E-state index in [9.17, 15) is 4.79 Å². The van der Waals surface area contributed by atoms with Crippen LogP contribution in [0.2, 0.25) is 0 Å². The van der Waals surface area contributed by atoms with E-state index in [0.717, 1.165) is 5.82 Å². The Balaban J connectivity index is 2.74. The molecule has 13 heavy (non-hydrogen) atoms. The van der Waals surface area contributed by atoms with Crippen LogP contribution >= 0.6 is 0 Å². The molecule has 72 valence electrons. The monoisotopic (exact) mass is 183 g/mol. The number of imidazole rings is 1. The third-order valence-corrected chi connectivity index (χ3v) is 2.29. The predicted molar refractivity (Wildman–Crippen MR) is 47.1 cm³/mol. The molecule has 0 saturated heterocycles. The second-order valence-corrected chi connectivity index (χ2v) is 3.35.